The molecule has 0 saturated carbocycles. The molecule has 0 bridgehead atoms. The number of hydrogen-bond donors (Lipinski definition) is 1. The quantitative estimate of drug-likeness (QED) is 0.935. The molecule has 1 heterocycles. The molecule has 122 valence electrons. The maximum atomic E-state index is 12.4. The first-order valence-corrected chi connectivity index (χ1v) is 8.16. The minimum atomic E-state index is -0.614. The number of hydrogen-bond acceptors (Lipinski definition) is 3. The number of amides is 1. The molecule has 1 aromatic heterocycles. The fourth-order valence-corrected chi connectivity index (χ4v) is 3.11. The van der Waals surface area contributed by atoms with Crippen molar-refractivity contribution in [3.05, 3.63) is 46.7 Å². The number of halogens is 1. The van der Waals surface area contributed by atoms with E-state index in [0.29, 0.717) is 10.8 Å². The summed E-state index contributed by atoms with van der Waals surface area (Å²) in [6, 6.07) is 7.15. The highest BCUT2D eigenvalue weighted by atomic mass is 35.5. The number of ether oxygens (including phenoxy) is 1. The highest BCUT2D eigenvalue weighted by Gasteiger charge is 2.27. The van der Waals surface area contributed by atoms with Gasteiger partial charge in [-0.25, -0.2) is 0 Å². The zero-order chi connectivity index (χ0) is 16.4. The number of carbonyl (C=O) groups is 1. The van der Waals surface area contributed by atoms with Crippen molar-refractivity contribution in [3.8, 4) is 5.75 Å². The largest absolute Gasteiger partial charge is 0.479 e. The van der Waals surface area contributed by atoms with Crippen molar-refractivity contribution in [1.29, 1.82) is 0 Å². The summed E-state index contributed by atoms with van der Waals surface area (Å²) in [5.74, 6) is 0.370. The van der Waals surface area contributed by atoms with Gasteiger partial charge in [-0.2, -0.15) is 5.10 Å². The minimum absolute atomic E-state index is 0.00255. The summed E-state index contributed by atoms with van der Waals surface area (Å²) in [4.78, 5) is 12.4. The van der Waals surface area contributed by atoms with Gasteiger partial charge in [0.2, 0.25) is 0 Å². The molecule has 2 atom stereocenters. The van der Waals surface area contributed by atoms with Crippen molar-refractivity contribution in [2.24, 2.45) is 7.05 Å². The molecule has 1 amide bonds. The van der Waals surface area contributed by atoms with E-state index in [1.54, 1.807) is 19.1 Å². The lowest BCUT2D eigenvalue weighted by Gasteiger charge is -2.25. The van der Waals surface area contributed by atoms with E-state index in [1.165, 1.54) is 5.69 Å². The molecule has 1 aliphatic rings. The van der Waals surface area contributed by atoms with E-state index >= 15 is 0 Å². The van der Waals surface area contributed by atoms with E-state index in [4.69, 9.17) is 16.3 Å². The molecule has 3 rings (SSSR count). The summed E-state index contributed by atoms with van der Waals surface area (Å²) in [5, 5.41) is 7.86. The average Bonchev–Trinajstić information content (AvgIpc) is 2.92. The Labute approximate surface area is 140 Å². The van der Waals surface area contributed by atoms with Gasteiger partial charge in [-0.15, -0.1) is 0 Å². The normalized spacial score (nSPS) is 18.1. The Morgan fingerprint density at radius 1 is 1.48 bits per heavy atom. The molecule has 0 saturated heterocycles. The van der Waals surface area contributed by atoms with E-state index in [9.17, 15) is 4.79 Å². The third-order valence-corrected chi connectivity index (χ3v) is 4.51. The number of carbonyl (C=O) groups excluding carboxylic acids is 1. The number of para-hydroxylation sites is 1. The van der Waals surface area contributed by atoms with Crippen LogP contribution in [0.1, 0.15) is 37.1 Å². The molecule has 23 heavy (non-hydrogen) atoms. The SMILES string of the molecule is C[C@H](Oc1ccccc1Cl)C(=O)N[C@H]1CCCc2c1cnn2C. The number of fused-ring (bicyclic) bond motifs is 1. The van der Waals surface area contributed by atoms with E-state index < -0.39 is 6.10 Å². The van der Waals surface area contributed by atoms with Crippen LogP contribution in [0.25, 0.3) is 0 Å². The van der Waals surface area contributed by atoms with Crippen LogP contribution in [0.4, 0.5) is 0 Å². The third kappa shape index (κ3) is 3.34. The summed E-state index contributed by atoms with van der Waals surface area (Å²) < 4.78 is 7.56. The van der Waals surface area contributed by atoms with Gasteiger partial charge in [0, 0.05) is 18.3 Å². The van der Waals surface area contributed by atoms with E-state index in [0.717, 1.165) is 24.8 Å². The van der Waals surface area contributed by atoms with E-state index in [2.05, 4.69) is 10.4 Å². The molecule has 1 aliphatic carbocycles. The van der Waals surface area contributed by atoms with Gasteiger partial charge in [-0.1, -0.05) is 23.7 Å². The molecule has 1 aromatic carbocycles. The molecule has 0 radical (unpaired) electrons. The lowest BCUT2D eigenvalue weighted by Crippen LogP contribution is -2.39. The number of aromatic nitrogens is 2. The Balaban J connectivity index is 1.67. The van der Waals surface area contributed by atoms with Gasteiger partial charge in [0.05, 0.1) is 17.3 Å². The highest BCUT2D eigenvalue weighted by Crippen LogP contribution is 2.29. The van der Waals surface area contributed by atoms with Crippen molar-refractivity contribution in [1.82, 2.24) is 15.1 Å². The Kier molecular flexibility index (Phi) is 4.57. The lowest BCUT2D eigenvalue weighted by atomic mass is 9.93. The number of benzene rings is 1. The van der Waals surface area contributed by atoms with Crippen LogP contribution >= 0.6 is 11.6 Å². The smallest absolute Gasteiger partial charge is 0.261 e. The van der Waals surface area contributed by atoms with Crippen LogP contribution in [0.3, 0.4) is 0 Å². The molecular weight excluding hydrogens is 314 g/mol. The maximum Gasteiger partial charge on any atom is 0.261 e. The average molecular weight is 334 g/mol. The Hall–Kier alpha value is -2.01. The van der Waals surface area contributed by atoms with Gasteiger partial charge < -0.3 is 10.1 Å². The molecule has 0 unspecified atom stereocenters. The number of aryl methyl sites for hydroxylation is 1. The van der Waals surface area contributed by atoms with Gasteiger partial charge >= 0.3 is 0 Å². The fourth-order valence-electron chi connectivity index (χ4n) is 2.93. The van der Waals surface area contributed by atoms with E-state index in [-0.39, 0.29) is 11.9 Å². The molecule has 0 spiro atoms. The van der Waals surface area contributed by atoms with Crippen LogP contribution in [-0.2, 0) is 18.3 Å². The standard InChI is InChI=1S/C17H20ClN3O2/c1-11(23-16-9-4-3-6-13(16)18)17(22)20-14-7-5-8-15-12(14)10-19-21(15)2/h3-4,6,9-11,14H,5,7-8H2,1-2H3,(H,20,22)/t11-,14-/m0/s1. The number of rotatable bonds is 4. The maximum absolute atomic E-state index is 12.4. The second-order valence-electron chi connectivity index (χ2n) is 5.81. The second-order valence-corrected chi connectivity index (χ2v) is 6.22. The summed E-state index contributed by atoms with van der Waals surface area (Å²) in [7, 11) is 1.94. The van der Waals surface area contributed by atoms with Crippen LogP contribution in [0, 0.1) is 0 Å². The van der Waals surface area contributed by atoms with Crippen LogP contribution in [0.2, 0.25) is 5.02 Å². The minimum Gasteiger partial charge on any atom is -0.479 e. The van der Waals surface area contributed by atoms with Crippen LogP contribution in [0.15, 0.2) is 30.5 Å². The third-order valence-electron chi connectivity index (χ3n) is 4.20. The first kappa shape index (κ1) is 15.9. The van der Waals surface area contributed by atoms with Gasteiger partial charge in [-0.05, 0) is 38.3 Å². The van der Waals surface area contributed by atoms with Crippen LogP contribution < -0.4 is 10.1 Å². The predicted octanol–water partition coefficient (Wildman–Crippen LogP) is 3.03. The molecule has 5 nitrogen and oxygen atoms in total. The van der Waals surface area contributed by atoms with Crippen LogP contribution in [0.5, 0.6) is 5.75 Å². The summed E-state index contributed by atoms with van der Waals surface area (Å²) in [6.45, 7) is 1.73. The Morgan fingerprint density at radius 3 is 3.04 bits per heavy atom. The fraction of sp³-hybridized carbons (Fsp3) is 0.412. The molecule has 2 aromatic rings. The Morgan fingerprint density at radius 2 is 2.26 bits per heavy atom. The zero-order valence-electron chi connectivity index (χ0n) is 13.3. The lowest BCUT2D eigenvalue weighted by molar-refractivity contribution is -0.128. The second kappa shape index (κ2) is 6.62. The Bertz CT molecular complexity index is 714. The zero-order valence-corrected chi connectivity index (χ0v) is 14.0. The highest BCUT2D eigenvalue weighted by molar-refractivity contribution is 6.32. The monoisotopic (exact) mass is 333 g/mol. The molecular formula is C17H20ClN3O2. The van der Waals surface area contributed by atoms with Gasteiger partial charge in [0.25, 0.3) is 5.91 Å². The van der Waals surface area contributed by atoms with E-state index in [1.807, 2.05) is 30.1 Å². The first-order chi connectivity index (χ1) is 11.1. The molecule has 1 N–H and O–H groups in total. The van der Waals surface area contributed by atoms with Gasteiger partial charge in [0.1, 0.15) is 5.75 Å². The van der Waals surface area contributed by atoms with Crippen molar-refractivity contribution >= 4 is 17.5 Å². The number of nitrogens with one attached hydrogen (secondary N) is 1. The van der Waals surface area contributed by atoms with Crippen molar-refractivity contribution in [3.63, 3.8) is 0 Å². The van der Waals surface area contributed by atoms with Gasteiger partial charge in [0.15, 0.2) is 6.10 Å². The summed E-state index contributed by atoms with van der Waals surface area (Å²) in [5.41, 5.74) is 2.30. The predicted molar refractivity (Wildman–Crippen MR) is 88.6 cm³/mol. The first-order valence-electron chi connectivity index (χ1n) is 7.78. The molecule has 0 fully saturated rings. The molecule has 0 aliphatic heterocycles. The topological polar surface area (TPSA) is 56.1 Å². The van der Waals surface area contributed by atoms with Crippen molar-refractivity contribution < 1.29 is 9.53 Å². The summed E-state index contributed by atoms with van der Waals surface area (Å²) in [6.07, 6.45) is 4.19. The molecule has 6 heteroatoms. The summed E-state index contributed by atoms with van der Waals surface area (Å²) >= 11 is 6.07. The van der Waals surface area contributed by atoms with Gasteiger partial charge in [-0.3, -0.25) is 9.48 Å². The van der Waals surface area contributed by atoms with Crippen molar-refractivity contribution in [2.45, 2.75) is 38.3 Å². The van der Waals surface area contributed by atoms with Crippen molar-refractivity contribution in [2.75, 3.05) is 0 Å². The van der Waals surface area contributed by atoms with Crippen LogP contribution in [-0.4, -0.2) is 21.8 Å². The number of nitrogens with zero attached hydrogens (tertiary/aromatic N) is 2.